The lowest BCUT2D eigenvalue weighted by molar-refractivity contribution is -0.161. The molecule has 344 valence electrons. The van der Waals surface area contributed by atoms with Gasteiger partial charge in [-0.3, -0.25) is 23.4 Å². The zero-order chi connectivity index (χ0) is 43.5. The molecule has 3 atom stereocenters. The maximum Gasteiger partial charge on any atom is 0.472 e. The summed E-state index contributed by atoms with van der Waals surface area (Å²) in [5, 5.41) is 8.90. The zero-order valence-corrected chi connectivity index (χ0v) is 38.2. The lowest BCUT2D eigenvalue weighted by Gasteiger charge is -2.20. The summed E-state index contributed by atoms with van der Waals surface area (Å²) in [7, 11) is -4.72. The molecule has 0 amide bonds. The van der Waals surface area contributed by atoms with Gasteiger partial charge in [0, 0.05) is 12.8 Å². The lowest BCUT2D eigenvalue weighted by Crippen LogP contribution is -2.34. The van der Waals surface area contributed by atoms with Crippen molar-refractivity contribution in [2.75, 3.05) is 19.8 Å². The van der Waals surface area contributed by atoms with Crippen LogP contribution in [0.3, 0.4) is 0 Å². The topological polar surface area (TPSA) is 172 Å². The minimum Gasteiger partial charge on any atom is -0.480 e. The van der Waals surface area contributed by atoms with Crippen LogP contribution in [0.25, 0.3) is 0 Å². The normalized spacial score (nSPS) is 14.0. The predicted octanol–water partition coefficient (Wildman–Crippen LogP) is 12.8. The second-order valence-corrected chi connectivity index (χ2v) is 17.3. The van der Waals surface area contributed by atoms with Gasteiger partial charge < -0.3 is 25.2 Å². The monoisotopic (exact) mass is 856 g/mol. The van der Waals surface area contributed by atoms with Crippen LogP contribution in [0.1, 0.15) is 213 Å². The molecule has 0 saturated heterocycles. The number of rotatable bonds is 44. The van der Waals surface area contributed by atoms with Crippen LogP contribution in [-0.2, 0) is 37.5 Å². The van der Waals surface area contributed by atoms with Gasteiger partial charge in [-0.05, 0) is 64.2 Å². The maximum atomic E-state index is 12.7. The molecule has 4 N–H and O–H groups in total. The molecule has 11 nitrogen and oxygen atoms in total. The van der Waals surface area contributed by atoms with Gasteiger partial charge in [0.1, 0.15) is 12.6 Å². The number of phosphoric acid groups is 1. The van der Waals surface area contributed by atoms with E-state index in [-0.39, 0.29) is 19.4 Å². The summed E-state index contributed by atoms with van der Waals surface area (Å²) in [6, 6.07) is -1.52. The number of unbranched alkanes of at least 4 members (excludes halogenated alkanes) is 24. The third-order valence-corrected chi connectivity index (χ3v) is 11.1. The van der Waals surface area contributed by atoms with E-state index in [9.17, 15) is 23.8 Å². The number of esters is 2. The summed E-state index contributed by atoms with van der Waals surface area (Å²) in [6.07, 6.45) is 46.3. The van der Waals surface area contributed by atoms with E-state index in [0.29, 0.717) is 12.8 Å². The highest BCUT2D eigenvalue weighted by Crippen LogP contribution is 2.43. The van der Waals surface area contributed by atoms with E-state index in [1.165, 1.54) is 109 Å². The number of carbonyl (C=O) groups is 3. The first-order valence-corrected chi connectivity index (χ1v) is 25.0. The van der Waals surface area contributed by atoms with Gasteiger partial charge >= 0.3 is 25.7 Å². The summed E-state index contributed by atoms with van der Waals surface area (Å²) < 4.78 is 32.7. The highest BCUT2D eigenvalue weighted by Gasteiger charge is 2.28. The number of aliphatic carboxylic acids is 1. The molecule has 1 unspecified atom stereocenters. The molecule has 0 aromatic rings. The van der Waals surface area contributed by atoms with Crippen LogP contribution in [0.4, 0.5) is 0 Å². The van der Waals surface area contributed by atoms with Gasteiger partial charge in [0.25, 0.3) is 0 Å². The summed E-state index contributed by atoms with van der Waals surface area (Å²) >= 11 is 0. The van der Waals surface area contributed by atoms with Crippen molar-refractivity contribution in [1.29, 1.82) is 0 Å². The minimum atomic E-state index is -4.72. The van der Waals surface area contributed by atoms with Gasteiger partial charge in [-0.1, -0.05) is 172 Å². The quantitative estimate of drug-likeness (QED) is 0.0230. The predicted molar refractivity (Wildman–Crippen MR) is 240 cm³/mol. The van der Waals surface area contributed by atoms with Crippen molar-refractivity contribution in [3.8, 4) is 0 Å². The molecule has 0 aromatic carbocycles. The third-order valence-electron chi connectivity index (χ3n) is 10.1. The Morgan fingerprint density at radius 3 is 1.39 bits per heavy atom. The second-order valence-electron chi connectivity index (χ2n) is 15.9. The van der Waals surface area contributed by atoms with E-state index in [4.69, 9.17) is 24.8 Å². The molecule has 0 bridgehead atoms. The standard InChI is InChI=1S/C47H86NO10P/c1-3-5-7-9-11-13-15-17-19-20-21-22-23-24-25-27-29-31-33-35-37-39-46(50)58-43(41-56-59(53,54)57-42-44(48)47(51)52)40-55-45(49)38-36-34-32-30-28-26-18-16-14-12-10-8-6-4-2/h10,12,16-19,43-44H,3-9,11,13-15,20-42,48H2,1-2H3,(H,51,52)(H,53,54)/b12-10+,18-16+,19-17+/t43-,44-/m0/s1. The SMILES string of the molecule is CCCC/C=C/C/C=C/CCCCCCCC(=O)OC[C@@H](COP(=O)(O)OC[C@H](N)C(=O)O)OC(=O)CCCCCCCCCCCCC/C=C/CCCCCCCC. The first-order chi connectivity index (χ1) is 28.6. The van der Waals surface area contributed by atoms with Crippen molar-refractivity contribution < 1.29 is 47.5 Å². The Kier molecular flexibility index (Phi) is 40.7. The van der Waals surface area contributed by atoms with Crippen LogP contribution in [0.2, 0.25) is 0 Å². The molecule has 0 heterocycles. The number of carboxylic acids is 1. The Labute approximate surface area is 359 Å². The number of ether oxygens (including phenoxy) is 2. The lowest BCUT2D eigenvalue weighted by atomic mass is 10.0. The average molecular weight is 856 g/mol. The summed E-state index contributed by atoms with van der Waals surface area (Å²) in [5.74, 6) is -2.39. The minimum absolute atomic E-state index is 0.158. The third kappa shape index (κ3) is 42.2. The number of allylic oxidation sites excluding steroid dienone is 6. The Morgan fingerprint density at radius 2 is 0.915 bits per heavy atom. The fraction of sp³-hybridized carbons (Fsp3) is 0.809. The Hall–Kier alpha value is -2.30. The van der Waals surface area contributed by atoms with E-state index >= 15 is 0 Å². The number of phosphoric ester groups is 1. The van der Waals surface area contributed by atoms with Crippen LogP contribution < -0.4 is 5.73 Å². The van der Waals surface area contributed by atoms with Gasteiger partial charge in [0.05, 0.1) is 13.2 Å². The van der Waals surface area contributed by atoms with Crippen LogP contribution in [0.5, 0.6) is 0 Å². The highest BCUT2D eigenvalue weighted by molar-refractivity contribution is 7.47. The van der Waals surface area contributed by atoms with E-state index in [1.807, 2.05) is 0 Å². The molecule has 0 aliphatic heterocycles. The van der Waals surface area contributed by atoms with Gasteiger partial charge in [-0.2, -0.15) is 0 Å². The highest BCUT2D eigenvalue weighted by atomic mass is 31.2. The van der Waals surface area contributed by atoms with E-state index in [2.05, 4.69) is 54.8 Å². The van der Waals surface area contributed by atoms with Gasteiger partial charge in [-0.25, -0.2) is 4.57 Å². The molecule has 0 fully saturated rings. The fourth-order valence-corrected chi connectivity index (χ4v) is 7.15. The van der Waals surface area contributed by atoms with E-state index < -0.39 is 51.1 Å². The van der Waals surface area contributed by atoms with E-state index in [0.717, 1.165) is 64.2 Å². The van der Waals surface area contributed by atoms with E-state index in [1.54, 1.807) is 0 Å². The maximum absolute atomic E-state index is 12.7. The Balaban J connectivity index is 4.28. The fourth-order valence-electron chi connectivity index (χ4n) is 6.37. The molecule has 0 spiro atoms. The molecule has 0 aromatic heterocycles. The van der Waals surface area contributed by atoms with Crippen LogP contribution in [0.15, 0.2) is 36.5 Å². The Bertz CT molecular complexity index is 1140. The molecule has 0 saturated carbocycles. The van der Waals surface area contributed by atoms with Gasteiger partial charge in [0.15, 0.2) is 6.10 Å². The molecular weight excluding hydrogens is 769 g/mol. The number of carboxylic acid groups (broad SMARTS) is 1. The summed E-state index contributed by atoms with van der Waals surface area (Å²) in [5.41, 5.74) is 5.34. The average Bonchev–Trinajstić information content (AvgIpc) is 3.21. The number of hydrogen-bond acceptors (Lipinski definition) is 9. The van der Waals surface area contributed by atoms with Crippen molar-refractivity contribution in [3.63, 3.8) is 0 Å². The number of nitrogens with two attached hydrogens (primary N) is 1. The van der Waals surface area contributed by atoms with Crippen molar-refractivity contribution in [2.45, 2.75) is 225 Å². The molecule has 0 aliphatic carbocycles. The molecule has 0 radical (unpaired) electrons. The summed E-state index contributed by atoms with van der Waals surface area (Å²) in [4.78, 5) is 46.0. The zero-order valence-electron chi connectivity index (χ0n) is 37.3. The van der Waals surface area contributed by atoms with Gasteiger partial charge in [0.2, 0.25) is 0 Å². The van der Waals surface area contributed by atoms with Crippen LogP contribution in [-0.4, -0.2) is 59.9 Å². The molecule has 0 rings (SSSR count). The first-order valence-electron chi connectivity index (χ1n) is 23.5. The van der Waals surface area contributed by atoms with Gasteiger partial charge in [-0.15, -0.1) is 0 Å². The molecular formula is C47H86NO10P. The first kappa shape index (κ1) is 56.7. The van der Waals surface area contributed by atoms with Crippen LogP contribution >= 0.6 is 7.82 Å². The largest absolute Gasteiger partial charge is 0.480 e. The van der Waals surface area contributed by atoms with Crippen molar-refractivity contribution in [1.82, 2.24) is 0 Å². The Morgan fingerprint density at radius 1 is 0.525 bits per heavy atom. The molecule has 0 aliphatic rings. The van der Waals surface area contributed by atoms with Crippen molar-refractivity contribution in [3.05, 3.63) is 36.5 Å². The molecule has 12 heteroatoms. The number of carbonyl (C=O) groups excluding carboxylic acids is 2. The number of hydrogen-bond donors (Lipinski definition) is 3. The second kappa shape index (κ2) is 42.4. The summed E-state index contributed by atoms with van der Waals surface area (Å²) in [6.45, 7) is 2.76. The van der Waals surface area contributed by atoms with Crippen molar-refractivity contribution >= 4 is 25.7 Å². The van der Waals surface area contributed by atoms with Crippen LogP contribution in [0, 0.1) is 0 Å². The van der Waals surface area contributed by atoms with Crippen molar-refractivity contribution in [2.24, 2.45) is 5.73 Å². The molecule has 59 heavy (non-hydrogen) atoms. The smallest absolute Gasteiger partial charge is 0.472 e.